The van der Waals surface area contributed by atoms with Gasteiger partial charge in [-0.1, -0.05) is 35.3 Å². The van der Waals surface area contributed by atoms with Crippen molar-refractivity contribution in [1.29, 1.82) is 0 Å². The molecular weight excluding hydrogens is 259 g/mol. The molecule has 92 valence electrons. The molecule has 2 rings (SSSR count). The number of nitrogens with two attached hydrogens (primary N) is 1. The molecule has 0 atom stereocenters. The fourth-order valence-electron chi connectivity index (χ4n) is 1.78. The average molecular weight is 273 g/mol. The third kappa shape index (κ3) is 2.92. The van der Waals surface area contributed by atoms with Crippen LogP contribution in [-0.4, -0.2) is 23.4 Å². The number of rotatable bonds is 4. The van der Waals surface area contributed by atoms with Crippen molar-refractivity contribution in [3.63, 3.8) is 0 Å². The molecule has 0 heterocycles. The van der Waals surface area contributed by atoms with Crippen LogP contribution in [0.2, 0.25) is 10.0 Å². The molecule has 0 unspecified atom stereocenters. The van der Waals surface area contributed by atoms with Crippen molar-refractivity contribution >= 4 is 29.1 Å². The van der Waals surface area contributed by atoms with Gasteiger partial charge in [0.1, 0.15) is 0 Å². The first kappa shape index (κ1) is 12.7. The first-order chi connectivity index (χ1) is 8.13. The number of amides is 1. The molecule has 1 aromatic rings. The first-order valence-corrected chi connectivity index (χ1v) is 6.31. The van der Waals surface area contributed by atoms with E-state index in [4.69, 9.17) is 28.9 Å². The second-order valence-electron chi connectivity index (χ2n) is 4.17. The third-order valence-electron chi connectivity index (χ3n) is 2.85. The summed E-state index contributed by atoms with van der Waals surface area (Å²) >= 11 is 12.1. The summed E-state index contributed by atoms with van der Waals surface area (Å²) in [6.07, 6.45) is 2.09. The zero-order valence-electron chi connectivity index (χ0n) is 9.33. The Bertz CT molecular complexity index is 433. The van der Waals surface area contributed by atoms with Crippen LogP contribution in [0.4, 0.5) is 0 Å². The molecular formula is C12H14Cl2N2O. The lowest BCUT2D eigenvalue weighted by molar-refractivity contribution is -0.130. The van der Waals surface area contributed by atoms with Crippen molar-refractivity contribution in [1.82, 2.24) is 4.90 Å². The maximum Gasteiger partial charge on any atom is 0.236 e. The van der Waals surface area contributed by atoms with Crippen molar-refractivity contribution in [3.8, 4) is 0 Å². The van der Waals surface area contributed by atoms with Crippen molar-refractivity contribution in [2.75, 3.05) is 6.54 Å². The molecule has 17 heavy (non-hydrogen) atoms. The van der Waals surface area contributed by atoms with E-state index in [2.05, 4.69) is 0 Å². The predicted molar refractivity (Wildman–Crippen MR) is 69.1 cm³/mol. The minimum Gasteiger partial charge on any atom is -0.334 e. The number of carbonyl (C=O) groups excluding carboxylic acids is 1. The van der Waals surface area contributed by atoms with Crippen LogP contribution < -0.4 is 5.73 Å². The SMILES string of the molecule is NCC(=O)N(Cc1cccc(Cl)c1Cl)C1CC1. The number of hydrogen-bond acceptors (Lipinski definition) is 2. The van der Waals surface area contributed by atoms with E-state index in [1.807, 2.05) is 12.1 Å². The standard InChI is InChI=1S/C12H14Cl2N2O/c13-10-3-1-2-8(12(10)14)7-16(9-4-5-9)11(17)6-15/h1-3,9H,4-7,15H2. The van der Waals surface area contributed by atoms with E-state index in [-0.39, 0.29) is 12.5 Å². The monoisotopic (exact) mass is 272 g/mol. The minimum absolute atomic E-state index is 0.0364. The molecule has 1 aliphatic carbocycles. The Hall–Kier alpha value is -0.770. The van der Waals surface area contributed by atoms with Gasteiger partial charge < -0.3 is 10.6 Å². The molecule has 0 saturated heterocycles. The summed E-state index contributed by atoms with van der Waals surface area (Å²) in [7, 11) is 0. The molecule has 2 N–H and O–H groups in total. The minimum atomic E-state index is -0.0384. The Labute approximate surface area is 110 Å². The highest BCUT2D eigenvalue weighted by Crippen LogP contribution is 2.31. The van der Waals surface area contributed by atoms with Crippen molar-refractivity contribution in [2.24, 2.45) is 5.73 Å². The maximum absolute atomic E-state index is 11.7. The second kappa shape index (κ2) is 5.25. The molecule has 1 saturated carbocycles. The Morgan fingerprint density at radius 1 is 1.41 bits per heavy atom. The summed E-state index contributed by atoms with van der Waals surface area (Å²) in [4.78, 5) is 13.5. The Morgan fingerprint density at radius 3 is 2.71 bits per heavy atom. The van der Waals surface area contributed by atoms with Crippen LogP contribution in [0, 0.1) is 0 Å². The third-order valence-corrected chi connectivity index (χ3v) is 3.71. The molecule has 0 bridgehead atoms. The zero-order valence-corrected chi connectivity index (χ0v) is 10.8. The lowest BCUT2D eigenvalue weighted by atomic mass is 10.2. The lowest BCUT2D eigenvalue weighted by Crippen LogP contribution is -2.37. The van der Waals surface area contributed by atoms with Gasteiger partial charge >= 0.3 is 0 Å². The van der Waals surface area contributed by atoms with Gasteiger partial charge in [0.15, 0.2) is 0 Å². The molecule has 0 spiro atoms. The summed E-state index contributed by atoms with van der Waals surface area (Å²) in [5.41, 5.74) is 6.28. The summed E-state index contributed by atoms with van der Waals surface area (Å²) in [6.45, 7) is 0.523. The van der Waals surface area contributed by atoms with E-state index >= 15 is 0 Å². The largest absolute Gasteiger partial charge is 0.334 e. The van der Waals surface area contributed by atoms with Crippen LogP contribution in [0.1, 0.15) is 18.4 Å². The number of hydrogen-bond donors (Lipinski definition) is 1. The van der Waals surface area contributed by atoms with E-state index in [1.54, 1.807) is 11.0 Å². The van der Waals surface area contributed by atoms with Crippen LogP contribution in [0.5, 0.6) is 0 Å². The Balaban J connectivity index is 2.17. The van der Waals surface area contributed by atoms with E-state index in [1.165, 1.54) is 0 Å². The average Bonchev–Trinajstić information content (AvgIpc) is 3.14. The number of halogens is 2. The summed E-state index contributed by atoms with van der Waals surface area (Å²) < 4.78 is 0. The van der Waals surface area contributed by atoms with E-state index < -0.39 is 0 Å². The van der Waals surface area contributed by atoms with Gasteiger partial charge in [-0.25, -0.2) is 0 Å². The molecule has 0 aliphatic heterocycles. The van der Waals surface area contributed by atoms with Crippen LogP contribution in [0.15, 0.2) is 18.2 Å². The van der Waals surface area contributed by atoms with E-state index in [0.29, 0.717) is 22.6 Å². The zero-order chi connectivity index (χ0) is 12.4. The van der Waals surface area contributed by atoms with Crippen molar-refractivity contribution in [2.45, 2.75) is 25.4 Å². The topological polar surface area (TPSA) is 46.3 Å². The van der Waals surface area contributed by atoms with Gasteiger partial charge in [-0.15, -0.1) is 0 Å². The van der Waals surface area contributed by atoms with Crippen molar-refractivity contribution < 1.29 is 4.79 Å². The Morgan fingerprint density at radius 2 is 2.12 bits per heavy atom. The van der Waals surface area contributed by atoms with Gasteiger partial charge in [0.05, 0.1) is 16.6 Å². The van der Waals surface area contributed by atoms with Gasteiger partial charge in [-0.3, -0.25) is 4.79 Å². The molecule has 1 fully saturated rings. The maximum atomic E-state index is 11.7. The fraction of sp³-hybridized carbons (Fsp3) is 0.417. The van der Waals surface area contributed by atoms with Crippen LogP contribution >= 0.6 is 23.2 Å². The lowest BCUT2D eigenvalue weighted by Gasteiger charge is -2.22. The second-order valence-corrected chi connectivity index (χ2v) is 4.96. The van der Waals surface area contributed by atoms with E-state index in [9.17, 15) is 4.79 Å². The number of benzene rings is 1. The summed E-state index contributed by atoms with van der Waals surface area (Å²) in [5.74, 6) is -0.0384. The molecule has 1 amide bonds. The van der Waals surface area contributed by atoms with Crippen LogP contribution in [0.3, 0.4) is 0 Å². The van der Waals surface area contributed by atoms with E-state index in [0.717, 1.165) is 18.4 Å². The molecule has 1 aliphatic rings. The van der Waals surface area contributed by atoms with Crippen molar-refractivity contribution in [3.05, 3.63) is 33.8 Å². The highest BCUT2D eigenvalue weighted by molar-refractivity contribution is 6.42. The van der Waals surface area contributed by atoms with Crippen LogP contribution in [0.25, 0.3) is 0 Å². The van der Waals surface area contributed by atoms with Gasteiger partial charge in [-0.2, -0.15) is 0 Å². The molecule has 0 radical (unpaired) electrons. The summed E-state index contributed by atoms with van der Waals surface area (Å²) in [6, 6.07) is 5.77. The smallest absolute Gasteiger partial charge is 0.236 e. The highest BCUT2D eigenvalue weighted by atomic mass is 35.5. The molecule has 0 aromatic heterocycles. The first-order valence-electron chi connectivity index (χ1n) is 5.56. The fourth-order valence-corrected chi connectivity index (χ4v) is 2.16. The normalized spacial score (nSPS) is 14.8. The highest BCUT2D eigenvalue weighted by Gasteiger charge is 2.32. The van der Waals surface area contributed by atoms with Gasteiger partial charge in [-0.05, 0) is 24.5 Å². The number of nitrogens with zero attached hydrogens (tertiary/aromatic N) is 1. The summed E-state index contributed by atoms with van der Waals surface area (Å²) in [5, 5.41) is 1.03. The quantitative estimate of drug-likeness (QED) is 0.915. The van der Waals surface area contributed by atoms with Gasteiger partial charge in [0.2, 0.25) is 5.91 Å². The van der Waals surface area contributed by atoms with Gasteiger partial charge in [0, 0.05) is 12.6 Å². The van der Waals surface area contributed by atoms with Gasteiger partial charge in [0.25, 0.3) is 0 Å². The molecule has 1 aromatic carbocycles. The number of carbonyl (C=O) groups is 1. The molecule has 3 nitrogen and oxygen atoms in total. The molecule has 5 heteroatoms. The van der Waals surface area contributed by atoms with Crippen LogP contribution in [-0.2, 0) is 11.3 Å². The Kier molecular flexibility index (Phi) is 3.92. The predicted octanol–water partition coefficient (Wildman–Crippen LogP) is 2.44.